The first-order valence-corrected chi connectivity index (χ1v) is 14.4. The molecule has 2 amide bonds. The molecule has 4 N–H and O–H groups in total. The molecule has 1 aliphatic rings. The van der Waals surface area contributed by atoms with Gasteiger partial charge in [0.15, 0.2) is 0 Å². The Balaban J connectivity index is 1.28. The van der Waals surface area contributed by atoms with E-state index in [1.807, 2.05) is 55.7 Å². The minimum atomic E-state index is -0.581. The Hall–Kier alpha value is -5.02. The van der Waals surface area contributed by atoms with Crippen molar-refractivity contribution in [1.29, 1.82) is 5.26 Å². The number of aliphatic hydroxyl groups excluding tert-OH is 1. The second-order valence-electron chi connectivity index (χ2n) is 10.8. The third kappa shape index (κ3) is 7.64. The number of nitriles is 1. The molecule has 0 radical (unpaired) electrons. The number of benzene rings is 1. The highest BCUT2D eigenvalue weighted by atomic mass is 16.3. The smallest absolute Gasteiger partial charge is 0.323 e. The van der Waals surface area contributed by atoms with Crippen LogP contribution in [0.5, 0.6) is 0 Å². The predicted molar refractivity (Wildman–Crippen MR) is 164 cm³/mol. The molecule has 1 unspecified atom stereocenters. The van der Waals surface area contributed by atoms with E-state index in [0.717, 1.165) is 42.4 Å². The number of carbonyl (C=O) groups is 1. The zero-order chi connectivity index (χ0) is 30.2. The zero-order valence-electron chi connectivity index (χ0n) is 24.3. The second kappa shape index (κ2) is 13.8. The normalized spacial score (nSPS) is 17.0. The first-order chi connectivity index (χ1) is 20.9. The molecule has 1 aromatic carbocycles. The highest BCUT2D eigenvalue weighted by molar-refractivity contribution is 5.91. The number of carbonyl (C=O) groups excluding carboxylic acids is 1. The van der Waals surface area contributed by atoms with Gasteiger partial charge in [0.05, 0.1) is 18.5 Å². The Bertz CT molecular complexity index is 1540. The molecule has 43 heavy (non-hydrogen) atoms. The molecule has 1 aliphatic carbocycles. The monoisotopic (exact) mass is 580 g/mol. The average Bonchev–Trinajstić information content (AvgIpc) is 3.47. The van der Waals surface area contributed by atoms with Crippen molar-refractivity contribution in [3.05, 3.63) is 78.4 Å². The Morgan fingerprint density at radius 3 is 2.53 bits per heavy atom. The van der Waals surface area contributed by atoms with Crippen molar-refractivity contribution >= 4 is 23.6 Å². The summed E-state index contributed by atoms with van der Waals surface area (Å²) >= 11 is 0. The molecule has 3 heterocycles. The van der Waals surface area contributed by atoms with Crippen LogP contribution in [0.4, 0.5) is 22.4 Å². The van der Waals surface area contributed by atoms with Gasteiger partial charge in [-0.3, -0.25) is 9.58 Å². The molecule has 12 heteroatoms. The van der Waals surface area contributed by atoms with Crippen LogP contribution in [0.25, 0.3) is 11.1 Å². The Morgan fingerprint density at radius 1 is 1.09 bits per heavy atom. The summed E-state index contributed by atoms with van der Waals surface area (Å²) in [5.74, 6) is 1.40. The van der Waals surface area contributed by atoms with Crippen molar-refractivity contribution in [1.82, 2.24) is 30.0 Å². The minimum Gasteiger partial charge on any atom is -0.392 e. The fraction of sp³-hybridized carbons (Fsp3) is 0.355. The van der Waals surface area contributed by atoms with Crippen LogP contribution in [0, 0.1) is 11.3 Å². The van der Waals surface area contributed by atoms with Gasteiger partial charge in [0, 0.05) is 55.7 Å². The van der Waals surface area contributed by atoms with E-state index in [1.54, 1.807) is 28.9 Å². The van der Waals surface area contributed by atoms with E-state index >= 15 is 0 Å². The molecule has 0 aliphatic heterocycles. The maximum atomic E-state index is 13.6. The van der Waals surface area contributed by atoms with E-state index in [9.17, 15) is 15.2 Å². The van der Waals surface area contributed by atoms with Crippen LogP contribution in [-0.2, 0) is 13.6 Å². The maximum absolute atomic E-state index is 13.6. The highest BCUT2D eigenvalue weighted by Gasteiger charge is 2.31. The number of urea groups is 1. The summed E-state index contributed by atoms with van der Waals surface area (Å²) in [6.07, 6.45) is 9.49. The van der Waals surface area contributed by atoms with Gasteiger partial charge in [0.2, 0.25) is 5.95 Å². The van der Waals surface area contributed by atoms with Crippen LogP contribution in [0.2, 0.25) is 0 Å². The van der Waals surface area contributed by atoms with Gasteiger partial charge in [0.1, 0.15) is 23.3 Å². The van der Waals surface area contributed by atoms with E-state index in [4.69, 9.17) is 4.98 Å². The van der Waals surface area contributed by atoms with Crippen molar-refractivity contribution in [2.75, 3.05) is 22.1 Å². The standard InChI is InChI=1S/C31H36N10O2/c1-21(42)15-34-29-24(14-32)18-35-30(39-29)38-26-9-11-27(12-10-26)41(31(43)36-16-22-6-4-3-5-7-22)28-13-8-23(17-33-28)25-19-37-40(2)20-25/h3-8,13,17-21,26-27,42H,9-12,15-16H2,1-2H3,(H,36,43)(H2,34,35,38,39)/t21?,26-,27+. The molecule has 1 saturated carbocycles. The summed E-state index contributed by atoms with van der Waals surface area (Å²) in [5, 5.41) is 32.7. The number of rotatable bonds is 10. The fourth-order valence-electron chi connectivity index (χ4n) is 5.16. The Kier molecular flexibility index (Phi) is 9.43. The molecule has 12 nitrogen and oxygen atoms in total. The number of aliphatic hydroxyl groups is 1. The summed E-state index contributed by atoms with van der Waals surface area (Å²) < 4.78 is 1.74. The number of amides is 2. The van der Waals surface area contributed by atoms with E-state index in [1.165, 1.54) is 6.20 Å². The Labute approximate surface area is 250 Å². The number of pyridine rings is 1. The lowest BCUT2D eigenvalue weighted by atomic mass is 9.90. The van der Waals surface area contributed by atoms with E-state index in [2.05, 4.69) is 37.1 Å². The molecular formula is C31H36N10O2. The van der Waals surface area contributed by atoms with Gasteiger partial charge in [-0.25, -0.2) is 14.8 Å². The molecule has 1 fully saturated rings. The van der Waals surface area contributed by atoms with Crippen LogP contribution in [0.15, 0.2) is 67.3 Å². The van der Waals surface area contributed by atoms with Crippen molar-refractivity contribution in [3.63, 3.8) is 0 Å². The topological polar surface area (TPSA) is 157 Å². The maximum Gasteiger partial charge on any atom is 0.323 e. The van der Waals surface area contributed by atoms with Crippen LogP contribution < -0.4 is 20.9 Å². The van der Waals surface area contributed by atoms with E-state index in [0.29, 0.717) is 29.7 Å². The SMILES string of the molecule is CC(O)CNc1nc(N[C@H]2CC[C@@H](N(C(=O)NCc3ccccc3)c3ccc(-c4cnn(C)c4)cn3)CC2)ncc1C#N. The molecule has 0 bridgehead atoms. The second-order valence-corrected chi connectivity index (χ2v) is 10.8. The quantitative estimate of drug-likeness (QED) is 0.217. The van der Waals surface area contributed by atoms with Gasteiger partial charge in [-0.15, -0.1) is 0 Å². The Morgan fingerprint density at radius 2 is 1.88 bits per heavy atom. The third-order valence-corrected chi connectivity index (χ3v) is 7.41. The summed E-state index contributed by atoms with van der Waals surface area (Å²) in [7, 11) is 1.87. The van der Waals surface area contributed by atoms with Gasteiger partial charge >= 0.3 is 6.03 Å². The molecule has 0 spiro atoms. The van der Waals surface area contributed by atoms with Crippen LogP contribution in [-0.4, -0.2) is 60.6 Å². The van der Waals surface area contributed by atoms with Gasteiger partial charge in [0.25, 0.3) is 0 Å². The number of hydrogen-bond acceptors (Lipinski definition) is 9. The molecule has 1 atom stereocenters. The van der Waals surface area contributed by atoms with Crippen molar-refractivity contribution in [3.8, 4) is 17.2 Å². The van der Waals surface area contributed by atoms with Crippen molar-refractivity contribution < 1.29 is 9.90 Å². The zero-order valence-corrected chi connectivity index (χ0v) is 24.3. The number of nitrogens with one attached hydrogen (secondary N) is 3. The number of aryl methyl sites for hydroxylation is 1. The third-order valence-electron chi connectivity index (χ3n) is 7.41. The lowest BCUT2D eigenvalue weighted by Crippen LogP contribution is -2.49. The van der Waals surface area contributed by atoms with Gasteiger partial charge in [-0.05, 0) is 50.3 Å². The molecule has 5 rings (SSSR count). The fourth-order valence-corrected chi connectivity index (χ4v) is 5.16. The molecule has 0 saturated heterocycles. The van der Waals surface area contributed by atoms with E-state index < -0.39 is 6.10 Å². The van der Waals surface area contributed by atoms with Crippen LogP contribution in [0.3, 0.4) is 0 Å². The first kappa shape index (κ1) is 29.5. The molecular weight excluding hydrogens is 544 g/mol. The number of hydrogen-bond donors (Lipinski definition) is 4. The van der Waals surface area contributed by atoms with Gasteiger partial charge in [-0.2, -0.15) is 15.3 Å². The largest absolute Gasteiger partial charge is 0.392 e. The molecule has 4 aromatic rings. The number of aromatic nitrogens is 5. The minimum absolute atomic E-state index is 0.0456. The van der Waals surface area contributed by atoms with Crippen molar-refractivity contribution in [2.45, 2.75) is 57.3 Å². The lowest BCUT2D eigenvalue weighted by molar-refractivity contribution is 0.208. The lowest BCUT2D eigenvalue weighted by Gasteiger charge is -2.36. The number of anilines is 3. The predicted octanol–water partition coefficient (Wildman–Crippen LogP) is 4.08. The van der Waals surface area contributed by atoms with Crippen LogP contribution in [0.1, 0.15) is 43.7 Å². The van der Waals surface area contributed by atoms with Gasteiger partial charge in [-0.1, -0.05) is 30.3 Å². The number of nitrogens with zero attached hydrogens (tertiary/aromatic N) is 7. The van der Waals surface area contributed by atoms with E-state index in [-0.39, 0.29) is 24.7 Å². The van der Waals surface area contributed by atoms with Crippen molar-refractivity contribution in [2.24, 2.45) is 7.05 Å². The summed E-state index contributed by atoms with van der Waals surface area (Å²) in [6, 6.07) is 15.6. The van der Waals surface area contributed by atoms with Gasteiger partial charge < -0.3 is 21.1 Å². The highest BCUT2D eigenvalue weighted by Crippen LogP contribution is 2.29. The summed E-state index contributed by atoms with van der Waals surface area (Å²) in [6.45, 7) is 2.35. The summed E-state index contributed by atoms with van der Waals surface area (Å²) in [4.78, 5) is 28.9. The van der Waals surface area contributed by atoms with Crippen LogP contribution >= 0.6 is 0 Å². The summed E-state index contributed by atoms with van der Waals surface area (Å²) in [5.41, 5.74) is 3.23. The average molecular weight is 581 g/mol. The molecule has 222 valence electrons. The first-order valence-electron chi connectivity index (χ1n) is 14.4. The molecule has 3 aromatic heterocycles.